The minimum Gasteiger partial charge on any atom is -0.354 e. The number of rotatable bonds is 10. The van der Waals surface area contributed by atoms with Crippen LogP contribution in [0.15, 0.2) is 77.3 Å². The van der Waals surface area contributed by atoms with Gasteiger partial charge < -0.3 is 10.2 Å². The highest BCUT2D eigenvalue weighted by Crippen LogP contribution is 2.20. The minimum atomic E-state index is -0.614. The normalized spacial score (nSPS) is 11.8. The van der Waals surface area contributed by atoms with Gasteiger partial charge in [-0.3, -0.25) is 9.59 Å². The Morgan fingerprint density at radius 3 is 2.26 bits per heavy atom. The topological polar surface area (TPSA) is 49.4 Å². The molecule has 0 spiro atoms. The van der Waals surface area contributed by atoms with E-state index in [-0.39, 0.29) is 18.2 Å². The molecule has 0 aliphatic carbocycles. The Morgan fingerprint density at radius 1 is 0.914 bits per heavy atom. The molecule has 0 unspecified atom stereocenters. The Labute approximate surface area is 217 Å². The third-order valence-corrected chi connectivity index (χ3v) is 6.60. The van der Waals surface area contributed by atoms with Crippen LogP contribution in [0.2, 0.25) is 0 Å². The maximum absolute atomic E-state index is 13.9. The number of benzene rings is 3. The van der Waals surface area contributed by atoms with E-state index in [2.05, 4.69) is 47.2 Å². The Morgan fingerprint density at radius 2 is 1.60 bits per heavy atom. The van der Waals surface area contributed by atoms with Gasteiger partial charge in [-0.05, 0) is 54.2 Å². The molecule has 4 nitrogen and oxygen atoms in total. The molecule has 3 aromatic rings. The van der Waals surface area contributed by atoms with Crippen LogP contribution in [0, 0.1) is 19.8 Å². The Kier molecular flexibility index (Phi) is 9.67. The third kappa shape index (κ3) is 8.07. The predicted molar refractivity (Wildman–Crippen MR) is 146 cm³/mol. The third-order valence-electron chi connectivity index (χ3n) is 6.07. The van der Waals surface area contributed by atoms with Crippen molar-refractivity contribution >= 4 is 27.7 Å². The van der Waals surface area contributed by atoms with Gasteiger partial charge >= 0.3 is 0 Å². The molecule has 3 rings (SSSR count). The van der Waals surface area contributed by atoms with Crippen LogP contribution in [0.5, 0.6) is 0 Å². The van der Waals surface area contributed by atoms with Crippen molar-refractivity contribution in [1.82, 2.24) is 10.2 Å². The maximum Gasteiger partial charge on any atom is 0.243 e. The molecule has 0 heterocycles. The number of nitrogens with zero attached hydrogens (tertiary/aromatic N) is 1. The molecule has 0 saturated carbocycles. The number of halogens is 1. The summed E-state index contributed by atoms with van der Waals surface area (Å²) in [5.74, 6) is 0.151. The first-order valence-corrected chi connectivity index (χ1v) is 12.9. The summed E-state index contributed by atoms with van der Waals surface area (Å²) in [6.45, 7) is 9.13. The number of hydrogen-bond acceptors (Lipinski definition) is 2. The van der Waals surface area contributed by atoms with Crippen LogP contribution in [-0.4, -0.2) is 29.3 Å². The SMILES string of the molecule is Cc1ccc(C)c(CC(=O)N(Cc2ccc(Br)cc2)[C@H](Cc2ccccc2)C(=O)NCC(C)C)c1. The van der Waals surface area contributed by atoms with Crippen LogP contribution in [-0.2, 0) is 29.0 Å². The molecular weight excluding hydrogens is 500 g/mol. The summed E-state index contributed by atoms with van der Waals surface area (Å²) in [5, 5.41) is 3.08. The molecule has 35 heavy (non-hydrogen) atoms. The molecule has 5 heteroatoms. The summed E-state index contributed by atoms with van der Waals surface area (Å²) in [7, 11) is 0. The highest BCUT2D eigenvalue weighted by atomic mass is 79.9. The molecule has 0 aromatic heterocycles. The van der Waals surface area contributed by atoms with E-state index in [1.54, 1.807) is 4.90 Å². The molecule has 0 radical (unpaired) electrons. The molecule has 0 fully saturated rings. The highest BCUT2D eigenvalue weighted by molar-refractivity contribution is 9.10. The average molecular weight is 536 g/mol. The summed E-state index contributed by atoms with van der Waals surface area (Å²) >= 11 is 3.49. The van der Waals surface area contributed by atoms with E-state index in [0.29, 0.717) is 25.4 Å². The number of hydrogen-bond donors (Lipinski definition) is 1. The van der Waals surface area contributed by atoms with Gasteiger partial charge in [-0.25, -0.2) is 0 Å². The first-order valence-electron chi connectivity index (χ1n) is 12.1. The smallest absolute Gasteiger partial charge is 0.243 e. The number of nitrogens with one attached hydrogen (secondary N) is 1. The second kappa shape index (κ2) is 12.7. The van der Waals surface area contributed by atoms with Crippen molar-refractivity contribution in [2.45, 2.75) is 53.1 Å². The van der Waals surface area contributed by atoms with Gasteiger partial charge in [0.1, 0.15) is 6.04 Å². The van der Waals surface area contributed by atoms with Crippen LogP contribution in [0.25, 0.3) is 0 Å². The second-order valence-electron chi connectivity index (χ2n) is 9.60. The summed E-state index contributed by atoms with van der Waals surface area (Å²) < 4.78 is 0.977. The van der Waals surface area contributed by atoms with E-state index in [9.17, 15) is 9.59 Å². The second-order valence-corrected chi connectivity index (χ2v) is 10.5. The summed E-state index contributed by atoms with van der Waals surface area (Å²) in [4.78, 5) is 29.1. The summed E-state index contributed by atoms with van der Waals surface area (Å²) in [6.07, 6.45) is 0.715. The Hall–Kier alpha value is -2.92. The van der Waals surface area contributed by atoms with Crippen LogP contribution in [0.3, 0.4) is 0 Å². The molecule has 0 aliphatic heterocycles. The number of carbonyl (C=O) groups is 2. The molecular formula is C30H35BrN2O2. The molecule has 0 bridgehead atoms. The van der Waals surface area contributed by atoms with Gasteiger partial charge in [-0.2, -0.15) is 0 Å². The number of carbonyl (C=O) groups excluding carboxylic acids is 2. The van der Waals surface area contributed by atoms with Gasteiger partial charge in [0.05, 0.1) is 6.42 Å². The van der Waals surface area contributed by atoms with Crippen LogP contribution >= 0.6 is 15.9 Å². The Bertz CT molecular complexity index is 1130. The number of aryl methyl sites for hydroxylation is 2. The average Bonchev–Trinajstić information content (AvgIpc) is 2.83. The van der Waals surface area contributed by atoms with Crippen molar-refractivity contribution in [2.75, 3.05) is 6.54 Å². The summed E-state index contributed by atoms with van der Waals surface area (Å²) in [6, 6.07) is 23.4. The molecule has 0 saturated heterocycles. The lowest BCUT2D eigenvalue weighted by atomic mass is 9.99. The lowest BCUT2D eigenvalue weighted by Gasteiger charge is -2.32. The maximum atomic E-state index is 13.9. The first kappa shape index (κ1) is 26.7. The lowest BCUT2D eigenvalue weighted by Crippen LogP contribution is -2.51. The van der Waals surface area contributed by atoms with E-state index in [4.69, 9.17) is 0 Å². The van der Waals surface area contributed by atoms with Crippen LogP contribution in [0.1, 0.15) is 41.7 Å². The van der Waals surface area contributed by atoms with Gasteiger partial charge in [0, 0.05) is 24.0 Å². The number of amides is 2. The van der Waals surface area contributed by atoms with Crippen molar-refractivity contribution in [1.29, 1.82) is 0 Å². The van der Waals surface area contributed by atoms with Crippen molar-refractivity contribution in [2.24, 2.45) is 5.92 Å². The zero-order valence-electron chi connectivity index (χ0n) is 21.1. The van der Waals surface area contributed by atoms with Crippen LogP contribution < -0.4 is 5.32 Å². The standard InChI is InChI=1S/C30H35BrN2O2/c1-21(2)19-32-30(35)28(17-24-8-6-5-7-9-24)33(20-25-12-14-27(31)15-13-25)29(34)18-26-16-22(3)10-11-23(26)4/h5-16,21,28H,17-20H2,1-4H3,(H,32,35)/t28-/m1/s1. The van der Waals surface area contributed by atoms with Crippen molar-refractivity contribution < 1.29 is 9.59 Å². The zero-order chi connectivity index (χ0) is 25.4. The van der Waals surface area contributed by atoms with E-state index in [1.165, 1.54) is 0 Å². The molecule has 1 atom stereocenters. The predicted octanol–water partition coefficient (Wildman–Crippen LogP) is 6.02. The zero-order valence-corrected chi connectivity index (χ0v) is 22.6. The molecule has 3 aromatic carbocycles. The fraction of sp³-hybridized carbons (Fsp3) is 0.333. The molecule has 0 aliphatic rings. The van der Waals surface area contributed by atoms with Gasteiger partial charge in [-0.15, -0.1) is 0 Å². The van der Waals surface area contributed by atoms with E-state index in [0.717, 1.165) is 32.3 Å². The first-order chi connectivity index (χ1) is 16.7. The van der Waals surface area contributed by atoms with Crippen molar-refractivity contribution in [3.05, 3.63) is 105 Å². The van der Waals surface area contributed by atoms with E-state index < -0.39 is 6.04 Å². The highest BCUT2D eigenvalue weighted by Gasteiger charge is 2.30. The quantitative estimate of drug-likeness (QED) is 0.345. The van der Waals surface area contributed by atoms with Gasteiger partial charge in [-0.1, -0.05) is 96.0 Å². The summed E-state index contributed by atoms with van der Waals surface area (Å²) in [5.41, 5.74) is 5.21. The van der Waals surface area contributed by atoms with Crippen LogP contribution in [0.4, 0.5) is 0 Å². The molecule has 2 amide bonds. The largest absolute Gasteiger partial charge is 0.354 e. The van der Waals surface area contributed by atoms with Gasteiger partial charge in [0.2, 0.25) is 11.8 Å². The van der Waals surface area contributed by atoms with E-state index in [1.807, 2.05) is 74.5 Å². The lowest BCUT2D eigenvalue weighted by molar-refractivity contribution is -0.140. The minimum absolute atomic E-state index is 0.0535. The van der Waals surface area contributed by atoms with Gasteiger partial charge in [0.15, 0.2) is 0 Å². The monoisotopic (exact) mass is 534 g/mol. The molecule has 1 N–H and O–H groups in total. The van der Waals surface area contributed by atoms with Gasteiger partial charge in [0.25, 0.3) is 0 Å². The Balaban J connectivity index is 1.97. The fourth-order valence-electron chi connectivity index (χ4n) is 4.02. The van der Waals surface area contributed by atoms with E-state index >= 15 is 0 Å². The van der Waals surface area contributed by atoms with Crippen molar-refractivity contribution in [3.63, 3.8) is 0 Å². The van der Waals surface area contributed by atoms with Crippen molar-refractivity contribution in [3.8, 4) is 0 Å². The fourth-order valence-corrected chi connectivity index (χ4v) is 4.28. The molecule has 184 valence electrons.